The highest BCUT2D eigenvalue weighted by Crippen LogP contribution is 2.22. The summed E-state index contributed by atoms with van der Waals surface area (Å²) >= 11 is 0. The molecule has 33 heavy (non-hydrogen) atoms. The fraction of sp³-hybridized carbons (Fsp3) is 0.375. The van der Waals surface area contributed by atoms with E-state index in [0.29, 0.717) is 5.69 Å². The minimum Gasteiger partial charge on any atom is -0.481 e. The van der Waals surface area contributed by atoms with Crippen LogP contribution in [0, 0.1) is 5.92 Å². The first-order chi connectivity index (χ1) is 15.6. The number of amides is 3. The first kappa shape index (κ1) is 29.2. The molecule has 0 bridgehead atoms. The lowest BCUT2D eigenvalue weighted by Crippen LogP contribution is -2.45. The highest BCUT2D eigenvalue weighted by atomic mass is 16.4. The molecule has 0 spiro atoms. The molecular formula is C24H33N3O6. The first-order valence-corrected chi connectivity index (χ1v) is 10.7. The van der Waals surface area contributed by atoms with Gasteiger partial charge in [0.15, 0.2) is 0 Å². The van der Waals surface area contributed by atoms with Gasteiger partial charge in [-0.1, -0.05) is 71.0 Å². The predicted molar refractivity (Wildman–Crippen MR) is 128 cm³/mol. The zero-order valence-electron chi connectivity index (χ0n) is 19.7. The molecule has 0 heterocycles. The van der Waals surface area contributed by atoms with Crippen molar-refractivity contribution in [1.29, 1.82) is 0 Å². The molecule has 3 amide bonds. The number of carboxylic acids is 1. The van der Waals surface area contributed by atoms with Gasteiger partial charge in [0.2, 0.25) is 5.91 Å². The number of hydrogen-bond acceptors (Lipinski definition) is 5. The lowest BCUT2D eigenvalue weighted by atomic mass is 10.1. The first-order valence-electron chi connectivity index (χ1n) is 10.7. The van der Waals surface area contributed by atoms with Crippen molar-refractivity contribution < 1.29 is 29.1 Å². The van der Waals surface area contributed by atoms with Gasteiger partial charge in [-0.05, 0) is 17.4 Å². The minimum atomic E-state index is -1.26. The third kappa shape index (κ3) is 12.0. The molecule has 2 aromatic rings. The average molecular weight is 460 g/mol. The van der Waals surface area contributed by atoms with E-state index < -0.39 is 42.7 Å². The van der Waals surface area contributed by atoms with Crippen molar-refractivity contribution in [3.63, 3.8) is 0 Å². The molecule has 0 aromatic heterocycles. The number of aldehydes is 1. The van der Waals surface area contributed by atoms with Crippen LogP contribution in [0.3, 0.4) is 0 Å². The standard InChI is InChI=1S/C18H17N3O6.C4H10.C2H6/c22-10-12(8-16(24)25)20-15(23)9-19-17(26)18(27)21-14-7-3-5-11-4-1-2-6-13(11)14;1-4(2)3;1-2/h1-7,10,12H,8-9H2,(H,19,26)(H,20,23)(H,21,27)(H,24,25);4H,1-3H3;1-2H3/t12-;;/m0../s1. The number of hydrogen-bond donors (Lipinski definition) is 4. The smallest absolute Gasteiger partial charge is 0.313 e. The summed E-state index contributed by atoms with van der Waals surface area (Å²) in [6.07, 6.45) is -0.300. The van der Waals surface area contributed by atoms with Crippen molar-refractivity contribution >= 4 is 46.4 Å². The third-order valence-corrected chi connectivity index (χ3v) is 3.56. The Morgan fingerprint density at radius 1 is 0.939 bits per heavy atom. The molecule has 0 aliphatic carbocycles. The Bertz CT molecular complexity index is 935. The zero-order valence-corrected chi connectivity index (χ0v) is 19.7. The number of aliphatic carboxylic acids is 1. The Balaban J connectivity index is 0.00000154. The molecule has 180 valence electrons. The molecule has 0 aliphatic heterocycles. The van der Waals surface area contributed by atoms with Gasteiger partial charge in [-0.2, -0.15) is 0 Å². The number of rotatable bonds is 7. The fourth-order valence-corrected chi connectivity index (χ4v) is 2.33. The molecule has 9 heteroatoms. The summed E-state index contributed by atoms with van der Waals surface area (Å²) in [7, 11) is 0. The van der Waals surface area contributed by atoms with Crippen molar-refractivity contribution in [3.8, 4) is 0 Å². The largest absolute Gasteiger partial charge is 0.481 e. The van der Waals surface area contributed by atoms with E-state index in [1.807, 2.05) is 32.0 Å². The summed E-state index contributed by atoms with van der Waals surface area (Å²) < 4.78 is 0. The normalized spacial score (nSPS) is 10.5. The summed E-state index contributed by atoms with van der Waals surface area (Å²) in [5.41, 5.74) is 0.445. The number of fused-ring (bicyclic) bond motifs is 1. The number of carbonyl (C=O) groups is 5. The second kappa shape index (κ2) is 16.0. The molecule has 0 aliphatic rings. The molecule has 0 fully saturated rings. The summed E-state index contributed by atoms with van der Waals surface area (Å²) in [6.45, 7) is 9.92. The van der Waals surface area contributed by atoms with E-state index in [1.165, 1.54) is 0 Å². The maximum atomic E-state index is 12.0. The Kier molecular flexibility index (Phi) is 14.1. The zero-order chi connectivity index (χ0) is 25.4. The highest BCUT2D eigenvalue weighted by molar-refractivity contribution is 6.40. The van der Waals surface area contributed by atoms with Crippen LogP contribution in [0.15, 0.2) is 42.5 Å². The van der Waals surface area contributed by atoms with E-state index in [2.05, 4.69) is 36.7 Å². The lowest BCUT2D eigenvalue weighted by molar-refractivity contribution is -0.139. The van der Waals surface area contributed by atoms with Crippen LogP contribution in [-0.4, -0.2) is 47.7 Å². The van der Waals surface area contributed by atoms with Crippen molar-refractivity contribution in [3.05, 3.63) is 42.5 Å². The molecule has 2 aromatic carbocycles. The van der Waals surface area contributed by atoms with Gasteiger partial charge < -0.3 is 25.9 Å². The molecular weight excluding hydrogens is 426 g/mol. The Morgan fingerprint density at radius 3 is 2.09 bits per heavy atom. The van der Waals surface area contributed by atoms with Crippen LogP contribution in [0.5, 0.6) is 0 Å². The minimum absolute atomic E-state index is 0.279. The fourth-order valence-electron chi connectivity index (χ4n) is 2.33. The van der Waals surface area contributed by atoms with Crippen LogP contribution >= 0.6 is 0 Å². The second-order valence-corrected chi connectivity index (χ2v) is 7.30. The monoisotopic (exact) mass is 459 g/mol. The van der Waals surface area contributed by atoms with Crippen molar-refractivity contribution in [2.24, 2.45) is 5.92 Å². The van der Waals surface area contributed by atoms with Crippen molar-refractivity contribution in [1.82, 2.24) is 10.6 Å². The maximum absolute atomic E-state index is 12.0. The van der Waals surface area contributed by atoms with Crippen LogP contribution < -0.4 is 16.0 Å². The topological polar surface area (TPSA) is 142 Å². The highest BCUT2D eigenvalue weighted by Gasteiger charge is 2.18. The summed E-state index contributed by atoms with van der Waals surface area (Å²) in [6, 6.07) is 11.3. The Labute approximate surface area is 193 Å². The van der Waals surface area contributed by atoms with Crippen LogP contribution in [-0.2, 0) is 24.0 Å². The maximum Gasteiger partial charge on any atom is 0.313 e. The summed E-state index contributed by atoms with van der Waals surface area (Å²) in [4.78, 5) is 56.7. The van der Waals surface area contributed by atoms with Gasteiger partial charge in [-0.25, -0.2) is 0 Å². The lowest BCUT2D eigenvalue weighted by Gasteiger charge is -2.11. The van der Waals surface area contributed by atoms with Gasteiger partial charge in [0.1, 0.15) is 6.29 Å². The number of nitrogens with one attached hydrogen (secondary N) is 3. The van der Waals surface area contributed by atoms with E-state index in [4.69, 9.17) is 5.11 Å². The summed E-state index contributed by atoms with van der Waals surface area (Å²) in [5.74, 6) is -3.22. The second-order valence-electron chi connectivity index (χ2n) is 7.30. The van der Waals surface area contributed by atoms with Gasteiger partial charge in [0.25, 0.3) is 0 Å². The molecule has 0 saturated carbocycles. The molecule has 2 rings (SSSR count). The Hall–Kier alpha value is -3.75. The molecule has 0 unspecified atom stereocenters. The summed E-state index contributed by atoms with van der Waals surface area (Å²) in [5, 5.41) is 16.9. The third-order valence-electron chi connectivity index (χ3n) is 3.56. The molecule has 1 atom stereocenters. The van der Waals surface area contributed by atoms with Crippen LogP contribution in [0.4, 0.5) is 5.69 Å². The number of carbonyl (C=O) groups excluding carboxylic acids is 4. The number of carboxylic acid groups (broad SMARTS) is 1. The van der Waals surface area contributed by atoms with E-state index in [-0.39, 0.29) is 6.29 Å². The van der Waals surface area contributed by atoms with Crippen molar-refractivity contribution in [2.45, 2.75) is 47.1 Å². The van der Waals surface area contributed by atoms with Gasteiger partial charge in [-0.15, -0.1) is 0 Å². The number of anilines is 1. The van der Waals surface area contributed by atoms with Crippen LogP contribution in [0.1, 0.15) is 41.0 Å². The van der Waals surface area contributed by atoms with E-state index >= 15 is 0 Å². The van der Waals surface area contributed by atoms with Gasteiger partial charge in [0.05, 0.1) is 19.0 Å². The van der Waals surface area contributed by atoms with E-state index in [1.54, 1.807) is 24.3 Å². The van der Waals surface area contributed by atoms with Gasteiger partial charge in [0, 0.05) is 11.1 Å². The molecule has 0 radical (unpaired) electrons. The van der Waals surface area contributed by atoms with Gasteiger partial charge in [-0.3, -0.25) is 19.2 Å². The van der Waals surface area contributed by atoms with Crippen LogP contribution in [0.25, 0.3) is 10.8 Å². The van der Waals surface area contributed by atoms with Crippen molar-refractivity contribution in [2.75, 3.05) is 11.9 Å². The van der Waals surface area contributed by atoms with E-state index in [9.17, 15) is 24.0 Å². The number of benzene rings is 2. The quantitative estimate of drug-likeness (QED) is 0.370. The van der Waals surface area contributed by atoms with Gasteiger partial charge >= 0.3 is 17.8 Å². The molecule has 0 saturated heterocycles. The molecule has 9 nitrogen and oxygen atoms in total. The SMILES string of the molecule is CC.CC(C)C.O=C[C@H](CC(=O)O)NC(=O)CNC(=O)C(=O)Nc1cccc2ccccc12. The van der Waals surface area contributed by atoms with Crippen LogP contribution in [0.2, 0.25) is 0 Å². The average Bonchev–Trinajstić information content (AvgIpc) is 2.77. The Morgan fingerprint density at radius 2 is 1.52 bits per heavy atom. The predicted octanol–water partition coefficient (Wildman–Crippen LogP) is 2.74. The van der Waals surface area contributed by atoms with E-state index in [0.717, 1.165) is 16.7 Å². The molecule has 4 N–H and O–H groups in total.